The van der Waals surface area contributed by atoms with Gasteiger partial charge in [-0.15, -0.1) is 0 Å². The van der Waals surface area contributed by atoms with Gasteiger partial charge in [-0.2, -0.15) is 0 Å². The summed E-state index contributed by atoms with van der Waals surface area (Å²) in [5, 5.41) is 0. The third-order valence-corrected chi connectivity index (χ3v) is 4.68. The fourth-order valence-corrected chi connectivity index (χ4v) is 3.34. The molecular weight excluding hydrogens is 222 g/mol. The summed E-state index contributed by atoms with van der Waals surface area (Å²) in [5.74, 6) is 0.561. The molecule has 0 saturated carbocycles. The Kier molecular flexibility index (Phi) is 3.04. The first-order valence-corrected chi connectivity index (χ1v) is 7.15. The van der Waals surface area contributed by atoms with Crippen molar-refractivity contribution in [2.75, 3.05) is 6.54 Å². The number of rotatable bonds is 3. The van der Waals surface area contributed by atoms with Gasteiger partial charge in [-0.1, -0.05) is 19.9 Å². The monoisotopic (exact) mass is 239 g/mol. The van der Waals surface area contributed by atoms with Crippen molar-refractivity contribution in [3.05, 3.63) is 29.3 Å². The SMILES string of the molecule is CCNS(=O)(=O)c1ccc2c(c1)CCC2C. The molecule has 1 aromatic rings. The van der Waals surface area contributed by atoms with Crippen molar-refractivity contribution in [2.24, 2.45) is 0 Å². The minimum absolute atomic E-state index is 0.391. The zero-order chi connectivity index (χ0) is 11.8. The lowest BCUT2D eigenvalue weighted by Gasteiger charge is -2.08. The van der Waals surface area contributed by atoms with Crippen LogP contribution >= 0.6 is 0 Å². The van der Waals surface area contributed by atoms with Crippen LogP contribution in [0.5, 0.6) is 0 Å². The van der Waals surface area contributed by atoms with E-state index in [2.05, 4.69) is 11.6 Å². The number of hydrogen-bond acceptors (Lipinski definition) is 2. The van der Waals surface area contributed by atoms with Crippen molar-refractivity contribution in [3.8, 4) is 0 Å². The zero-order valence-corrected chi connectivity index (χ0v) is 10.5. The number of sulfonamides is 1. The molecule has 0 heterocycles. The Labute approximate surface area is 96.9 Å². The molecule has 1 aliphatic rings. The second kappa shape index (κ2) is 4.18. The molecule has 2 rings (SSSR count). The van der Waals surface area contributed by atoms with Gasteiger partial charge in [-0.25, -0.2) is 13.1 Å². The molecule has 88 valence electrons. The summed E-state index contributed by atoms with van der Waals surface area (Å²) in [6.45, 7) is 4.40. The molecule has 0 fully saturated rings. The van der Waals surface area contributed by atoms with Crippen molar-refractivity contribution < 1.29 is 8.42 Å². The van der Waals surface area contributed by atoms with Gasteiger partial charge in [0.15, 0.2) is 0 Å². The molecule has 0 aromatic heterocycles. The lowest BCUT2D eigenvalue weighted by molar-refractivity contribution is 0.584. The molecular formula is C12H17NO2S. The molecule has 1 aliphatic carbocycles. The van der Waals surface area contributed by atoms with Gasteiger partial charge in [0.2, 0.25) is 10.0 Å². The van der Waals surface area contributed by atoms with Crippen LogP contribution in [-0.2, 0) is 16.4 Å². The number of fused-ring (bicyclic) bond motifs is 1. The molecule has 1 N–H and O–H groups in total. The van der Waals surface area contributed by atoms with Crippen molar-refractivity contribution in [1.29, 1.82) is 0 Å². The molecule has 16 heavy (non-hydrogen) atoms. The Morgan fingerprint density at radius 2 is 2.19 bits per heavy atom. The van der Waals surface area contributed by atoms with E-state index in [9.17, 15) is 8.42 Å². The second-order valence-electron chi connectivity index (χ2n) is 4.30. The summed E-state index contributed by atoms with van der Waals surface area (Å²) < 4.78 is 26.1. The summed E-state index contributed by atoms with van der Waals surface area (Å²) in [7, 11) is -3.30. The lowest BCUT2D eigenvalue weighted by Crippen LogP contribution is -2.23. The number of benzene rings is 1. The van der Waals surface area contributed by atoms with Gasteiger partial charge in [0.1, 0.15) is 0 Å². The van der Waals surface area contributed by atoms with Crippen molar-refractivity contribution >= 4 is 10.0 Å². The summed E-state index contributed by atoms with van der Waals surface area (Å²) in [5.41, 5.74) is 2.49. The summed E-state index contributed by atoms with van der Waals surface area (Å²) in [4.78, 5) is 0.391. The van der Waals surface area contributed by atoms with Crippen LogP contribution in [0.4, 0.5) is 0 Å². The molecule has 0 radical (unpaired) electrons. The quantitative estimate of drug-likeness (QED) is 0.877. The van der Waals surface area contributed by atoms with Crippen LogP contribution in [0.1, 0.15) is 37.3 Å². The third-order valence-electron chi connectivity index (χ3n) is 3.14. The number of hydrogen-bond donors (Lipinski definition) is 1. The van der Waals surface area contributed by atoms with E-state index in [-0.39, 0.29) is 0 Å². The molecule has 0 bridgehead atoms. The summed E-state index contributed by atoms with van der Waals surface area (Å²) >= 11 is 0. The highest BCUT2D eigenvalue weighted by Gasteiger charge is 2.21. The van der Waals surface area contributed by atoms with Crippen molar-refractivity contribution in [3.63, 3.8) is 0 Å². The van der Waals surface area contributed by atoms with Gasteiger partial charge >= 0.3 is 0 Å². The average Bonchev–Trinajstić information content (AvgIpc) is 2.60. The van der Waals surface area contributed by atoms with Gasteiger partial charge in [-0.3, -0.25) is 0 Å². The Balaban J connectivity index is 2.40. The number of nitrogens with one attached hydrogen (secondary N) is 1. The fourth-order valence-electron chi connectivity index (χ4n) is 2.25. The maximum Gasteiger partial charge on any atom is 0.240 e. The van der Waals surface area contributed by atoms with E-state index in [4.69, 9.17) is 0 Å². The van der Waals surface area contributed by atoms with Crippen LogP contribution in [0, 0.1) is 0 Å². The maximum absolute atomic E-state index is 11.8. The highest BCUT2D eigenvalue weighted by atomic mass is 32.2. The minimum atomic E-state index is -3.30. The maximum atomic E-state index is 11.8. The molecule has 1 atom stereocenters. The van der Waals surface area contributed by atoms with Gasteiger partial charge in [-0.05, 0) is 42.0 Å². The number of aryl methyl sites for hydroxylation is 1. The lowest BCUT2D eigenvalue weighted by atomic mass is 10.0. The zero-order valence-electron chi connectivity index (χ0n) is 9.66. The van der Waals surface area contributed by atoms with E-state index in [0.717, 1.165) is 12.8 Å². The van der Waals surface area contributed by atoms with Crippen LogP contribution in [-0.4, -0.2) is 15.0 Å². The van der Waals surface area contributed by atoms with E-state index in [0.29, 0.717) is 17.4 Å². The molecule has 4 heteroatoms. The minimum Gasteiger partial charge on any atom is -0.211 e. The van der Waals surface area contributed by atoms with Crippen molar-refractivity contribution in [2.45, 2.75) is 37.5 Å². The van der Waals surface area contributed by atoms with Gasteiger partial charge in [0, 0.05) is 6.54 Å². The van der Waals surface area contributed by atoms with E-state index in [1.54, 1.807) is 13.0 Å². The van der Waals surface area contributed by atoms with Crippen LogP contribution in [0.15, 0.2) is 23.1 Å². The van der Waals surface area contributed by atoms with E-state index in [1.165, 1.54) is 11.1 Å². The molecule has 0 spiro atoms. The third kappa shape index (κ3) is 1.99. The molecule has 1 aromatic carbocycles. The van der Waals surface area contributed by atoms with Crippen LogP contribution in [0.25, 0.3) is 0 Å². The van der Waals surface area contributed by atoms with Gasteiger partial charge < -0.3 is 0 Å². The van der Waals surface area contributed by atoms with E-state index < -0.39 is 10.0 Å². The molecule has 0 saturated heterocycles. The average molecular weight is 239 g/mol. The first-order chi connectivity index (χ1) is 7.54. The normalized spacial score (nSPS) is 19.8. The predicted octanol–water partition coefficient (Wildman–Crippen LogP) is 2.03. The van der Waals surface area contributed by atoms with Gasteiger partial charge in [0.05, 0.1) is 4.90 Å². The molecule has 3 nitrogen and oxygen atoms in total. The topological polar surface area (TPSA) is 46.2 Å². The smallest absolute Gasteiger partial charge is 0.211 e. The first-order valence-electron chi connectivity index (χ1n) is 5.67. The van der Waals surface area contributed by atoms with Gasteiger partial charge in [0.25, 0.3) is 0 Å². The Bertz CT molecular complexity index is 494. The first kappa shape index (κ1) is 11.6. The summed E-state index contributed by atoms with van der Waals surface area (Å²) in [6, 6.07) is 5.48. The van der Waals surface area contributed by atoms with Crippen LogP contribution in [0.3, 0.4) is 0 Å². The summed E-state index contributed by atoms with van der Waals surface area (Å²) in [6.07, 6.45) is 2.12. The fraction of sp³-hybridized carbons (Fsp3) is 0.500. The van der Waals surface area contributed by atoms with Crippen LogP contribution in [0.2, 0.25) is 0 Å². The largest absolute Gasteiger partial charge is 0.240 e. The molecule has 0 aliphatic heterocycles. The second-order valence-corrected chi connectivity index (χ2v) is 6.07. The highest BCUT2D eigenvalue weighted by Crippen LogP contribution is 2.33. The highest BCUT2D eigenvalue weighted by molar-refractivity contribution is 7.89. The molecule has 1 unspecified atom stereocenters. The molecule has 0 amide bonds. The Hall–Kier alpha value is -0.870. The van der Waals surface area contributed by atoms with Crippen molar-refractivity contribution in [1.82, 2.24) is 4.72 Å². The Morgan fingerprint density at radius 3 is 2.88 bits per heavy atom. The standard InChI is InChI=1S/C12H17NO2S/c1-3-13-16(14,15)11-6-7-12-9(2)4-5-10(12)8-11/h6-9,13H,3-5H2,1-2H3. The predicted molar refractivity (Wildman–Crippen MR) is 64.0 cm³/mol. The van der Waals surface area contributed by atoms with E-state index in [1.807, 2.05) is 12.1 Å². The Morgan fingerprint density at radius 1 is 1.44 bits per heavy atom. The van der Waals surface area contributed by atoms with Crippen LogP contribution < -0.4 is 4.72 Å². The van der Waals surface area contributed by atoms with E-state index >= 15 is 0 Å².